The summed E-state index contributed by atoms with van der Waals surface area (Å²) in [5.41, 5.74) is 2.25. The summed E-state index contributed by atoms with van der Waals surface area (Å²) in [6, 6.07) is 16.4. The van der Waals surface area contributed by atoms with Crippen molar-refractivity contribution in [2.24, 2.45) is 0 Å². The maximum Gasteiger partial charge on any atom is 0.142 e. The van der Waals surface area contributed by atoms with Gasteiger partial charge in [0.05, 0.1) is 17.8 Å². The molecule has 0 radical (unpaired) electrons. The number of anilines is 1. The SMILES string of the molecule is CC(C)Oc1ccc(C2COc3ccccc3N2)cc1. The van der Waals surface area contributed by atoms with Gasteiger partial charge in [-0.25, -0.2) is 0 Å². The molecule has 1 unspecified atom stereocenters. The van der Waals surface area contributed by atoms with E-state index in [0.29, 0.717) is 6.61 Å². The molecular formula is C17H19NO2. The van der Waals surface area contributed by atoms with Crippen molar-refractivity contribution in [2.75, 3.05) is 11.9 Å². The van der Waals surface area contributed by atoms with Gasteiger partial charge in [0.2, 0.25) is 0 Å². The number of rotatable bonds is 3. The molecule has 1 N–H and O–H groups in total. The van der Waals surface area contributed by atoms with Crippen LogP contribution in [0.15, 0.2) is 48.5 Å². The van der Waals surface area contributed by atoms with Crippen LogP contribution in [0.5, 0.6) is 11.5 Å². The zero-order valence-electron chi connectivity index (χ0n) is 11.8. The maximum atomic E-state index is 5.79. The monoisotopic (exact) mass is 269 g/mol. The number of hydrogen-bond acceptors (Lipinski definition) is 3. The highest BCUT2D eigenvalue weighted by Crippen LogP contribution is 2.33. The smallest absolute Gasteiger partial charge is 0.142 e. The Morgan fingerprint density at radius 3 is 2.60 bits per heavy atom. The molecule has 2 aromatic rings. The van der Waals surface area contributed by atoms with Gasteiger partial charge in [0.1, 0.15) is 18.1 Å². The van der Waals surface area contributed by atoms with Crippen molar-refractivity contribution in [1.82, 2.24) is 0 Å². The largest absolute Gasteiger partial charge is 0.491 e. The van der Waals surface area contributed by atoms with E-state index in [0.717, 1.165) is 17.2 Å². The fourth-order valence-corrected chi connectivity index (χ4v) is 2.34. The van der Waals surface area contributed by atoms with E-state index < -0.39 is 0 Å². The lowest BCUT2D eigenvalue weighted by atomic mass is 10.1. The van der Waals surface area contributed by atoms with E-state index in [1.165, 1.54) is 5.56 Å². The minimum Gasteiger partial charge on any atom is -0.491 e. The number of ether oxygens (including phenoxy) is 2. The topological polar surface area (TPSA) is 30.5 Å². The molecule has 2 aromatic carbocycles. The second-order valence-electron chi connectivity index (χ2n) is 5.24. The zero-order chi connectivity index (χ0) is 13.9. The number of fused-ring (bicyclic) bond motifs is 1. The van der Waals surface area contributed by atoms with Gasteiger partial charge in [0, 0.05) is 0 Å². The van der Waals surface area contributed by atoms with Crippen molar-refractivity contribution < 1.29 is 9.47 Å². The van der Waals surface area contributed by atoms with E-state index >= 15 is 0 Å². The van der Waals surface area contributed by atoms with Crippen LogP contribution in [0.25, 0.3) is 0 Å². The molecule has 0 amide bonds. The van der Waals surface area contributed by atoms with Gasteiger partial charge in [-0.2, -0.15) is 0 Å². The van der Waals surface area contributed by atoms with Crippen LogP contribution in [0.3, 0.4) is 0 Å². The number of para-hydroxylation sites is 2. The van der Waals surface area contributed by atoms with E-state index in [4.69, 9.17) is 9.47 Å². The molecule has 0 bridgehead atoms. The summed E-state index contributed by atoms with van der Waals surface area (Å²) in [6.07, 6.45) is 0.198. The predicted octanol–water partition coefficient (Wildman–Crippen LogP) is 4.02. The average molecular weight is 269 g/mol. The first-order chi connectivity index (χ1) is 9.72. The molecule has 3 rings (SSSR count). The summed E-state index contributed by atoms with van der Waals surface area (Å²) in [5.74, 6) is 1.82. The van der Waals surface area contributed by atoms with Gasteiger partial charge in [0.15, 0.2) is 0 Å². The molecule has 1 heterocycles. The summed E-state index contributed by atoms with van der Waals surface area (Å²) in [7, 11) is 0. The Balaban J connectivity index is 1.74. The maximum absolute atomic E-state index is 5.79. The normalized spacial score (nSPS) is 17.1. The van der Waals surface area contributed by atoms with Gasteiger partial charge < -0.3 is 14.8 Å². The Bertz CT molecular complexity index is 578. The van der Waals surface area contributed by atoms with Gasteiger partial charge in [0.25, 0.3) is 0 Å². The second-order valence-corrected chi connectivity index (χ2v) is 5.24. The highest BCUT2D eigenvalue weighted by atomic mass is 16.5. The Kier molecular flexibility index (Phi) is 3.50. The van der Waals surface area contributed by atoms with E-state index in [-0.39, 0.29) is 12.1 Å². The van der Waals surface area contributed by atoms with Crippen molar-refractivity contribution in [1.29, 1.82) is 0 Å². The van der Waals surface area contributed by atoms with Crippen LogP contribution in [0, 0.1) is 0 Å². The number of hydrogen-bond donors (Lipinski definition) is 1. The summed E-state index contributed by atoms with van der Waals surface area (Å²) in [4.78, 5) is 0. The summed E-state index contributed by atoms with van der Waals surface area (Å²) >= 11 is 0. The van der Waals surface area contributed by atoms with Gasteiger partial charge in [-0.15, -0.1) is 0 Å². The lowest BCUT2D eigenvalue weighted by Crippen LogP contribution is -2.23. The fraction of sp³-hybridized carbons (Fsp3) is 0.294. The van der Waals surface area contributed by atoms with E-state index in [9.17, 15) is 0 Å². The Morgan fingerprint density at radius 1 is 1.10 bits per heavy atom. The Morgan fingerprint density at radius 2 is 1.85 bits per heavy atom. The standard InChI is InChI=1S/C17H19NO2/c1-12(2)20-14-9-7-13(8-10-14)16-11-19-17-6-4-3-5-15(17)18-16/h3-10,12,16,18H,11H2,1-2H3. The van der Waals surface area contributed by atoms with E-state index in [1.807, 2.05) is 50.2 Å². The lowest BCUT2D eigenvalue weighted by Gasteiger charge is -2.27. The molecule has 20 heavy (non-hydrogen) atoms. The predicted molar refractivity (Wildman–Crippen MR) is 80.5 cm³/mol. The van der Waals surface area contributed by atoms with Gasteiger partial charge in [-0.05, 0) is 43.7 Å². The van der Waals surface area contributed by atoms with Crippen molar-refractivity contribution >= 4 is 5.69 Å². The third kappa shape index (κ3) is 2.72. The third-order valence-corrected chi connectivity index (χ3v) is 3.28. The highest BCUT2D eigenvalue weighted by Gasteiger charge is 2.19. The first kappa shape index (κ1) is 12.9. The second kappa shape index (κ2) is 5.45. The first-order valence-corrected chi connectivity index (χ1v) is 6.97. The van der Waals surface area contributed by atoms with Crippen LogP contribution in [-0.2, 0) is 0 Å². The fourth-order valence-electron chi connectivity index (χ4n) is 2.34. The van der Waals surface area contributed by atoms with Gasteiger partial charge >= 0.3 is 0 Å². The molecule has 0 saturated heterocycles. The number of nitrogens with one attached hydrogen (secondary N) is 1. The van der Waals surface area contributed by atoms with Crippen molar-refractivity contribution in [3.05, 3.63) is 54.1 Å². The van der Waals surface area contributed by atoms with Crippen LogP contribution in [0.1, 0.15) is 25.5 Å². The van der Waals surface area contributed by atoms with Crippen molar-refractivity contribution in [3.63, 3.8) is 0 Å². The summed E-state index contributed by atoms with van der Waals surface area (Å²) < 4.78 is 11.5. The van der Waals surface area contributed by atoms with Crippen LogP contribution in [-0.4, -0.2) is 12.7 Å². The molecule has 3 nitrogen and oxygen atoms in total. The van der Waals surface area contributed by atoms with Crippen LogP contribution in [0.4, 0.5) is 5.69 Å². The highest BCUT2D eigenvalue weighted by molar-refractivity contribution is 5.59. The molecule has 0 aliphatic carbocycles. The van der Waals surface area contributed by atoms with Gasteiger partial charge in [-0.3, -0.25) is 0 Å². The average Bonchev–Trinajstić information content (AvgIpc) is 2.47. The molecule has 0 aromatic heterocycles. The van der Waals surface area contributed by atoms with Crippen LogP contribution in [0.2, 0.25) is 0 Å². The molecule has 104 valence electrons. The lowest BCUT2D eigenvalue weighted by molar-refractivity contribution is 0.242. The quantitative estimate of drug-likeness (QED) is 0.913. The summed E-state index contributed by atoms with van der Waals surface area (Å²) in [6.45, 7) is 4.70. The van der Waals surface area contributed by atoms with Crippen LogP contribution >= 0.6 is 0 Å². The van der Waals surface area contributed by atoms with Crippen molar-refractivity contribution in [3.8, 4) is 11.5 Å². The molecule has 0 saturated carbocycles. The van der Waals surface area contributed by atoms with Gasteiger partial charge in [-0.1, -0.05) is 24.3 Å². The first-order valence-electron chi connectivity index (χ1n) is 6.97. The minimum atomic E-state index is 0.179. The Labute approximate surface area is 119 Å². The molecule has 3 heteroatoms. The van der Waals surface area contributed by atoms with Crippen LogP contribution < -0.4 is 14.8 Å². The molecule has 0 fully saturated rings. The molecule has 1 aliphatic heterocycles. The van der Waals surface area contributed by atoms with Crippen molar-refractivity contribution in [2.45, 2.75) is 26.0 Å². The third-order valence-electron chi connectivity index (χ3n) is 3.28. The summed E-state index contributed by atoms with van der Waals surface area (Å²) in [5, 5.41) is 3.51. The Hall–Kier alpha value is -2.16. The zero-order valence-corrected chi connectivity index (χ0v) is 11.8. The molecular weight excluding hydrogens is 250 g/mol. The van der Waals surface area contributed by atoms with E-state index in [1.54, 1.807) is 0 Å². The minimum absolute atomic E-state index is 0.179. The molecule has 1 aliphatic rings. The number of benzene rings is 2. The molecule has 1 atom stereocenters. The molecule has 0 spiro atoms. The van der Waals surface area contributed by atoms with E-state index in [2.05, 4.69) is 17.4 Å².